The van der Waals surface area contributed by atoms with Crippen molar-refractivity contribution in [3.63, 3.8) is 0 Å². The predicted molar refractivity (Wildman–Crippen MR) is 105 cm³/mol. The highest BCUT2D eigenvalue weighted by molar-refractivity contribution is 6.04. The number of carbonyl (C=O) groups is 3. The van der Waals surface area contributed by atoms with Crippen LogP contribution >= 0.6 is 0 Å². The highest BCUT2D eigenvalue weighted by Gasteiger charge is 2.38. The zero-order valence-corrected chi connectivity index (χ0v) is 16.4. The molecule has 0 saturated carbocycles. The first kappa shape index (κ1) is 21.9. The highest BCUT2D eigenvalue weighted by Crippen LogP contribution is 2.18. The van der Waals surface area contributed by atoms with Crippen molar-refractivity contribution >= 4 is 17.9 Å². The number of aliphatic hydroxyl groups is 1. The standard InChI is InChI=1S/C21H30N2O5/c1-2-3-4-8-17(24)11-12-23-18(20(27)22-21(23)28)14-16-7-5-6-15(13-16)9-10-19(25)26/h5-7,13,17-18,24H,2-4,8-12,14H2,1H3,(H,25,26)(H,22,27,28). The second-order valence-corrected chi connectivity index (χ2v) is 7.36. The molecule has 1 saturated heterocycles. The van der Waals surface area contributed by atoms with Crippen LogP contribution in [0.2, 0.25) is 0 Å². The molecule has 2 rings (SSSR count). The van der Waals surface area contributed by atoms with Gasteiger partial charge in [0.15, 0.2) is 0 Å². The number of aliphatic carboxylic acids is 1. The normalized spacial score (nSPS) is 17.6. The summed E-state index contributed by atoms with van der Waals surface area (Å²) in [7, 11) is 0. The van der Waals surface area contributed by atoms with Gasteiger partial charge >= 0.3 is 12.0 Å². The van der Waals surface area contributed by atoms with Crippen LogP contribution in [0.15, 0.2) is 24.3 Å². The number of nitrogens with one attached hydrogen (secondary N) is 1. The zero-order chi connectivity index (χ0) is 20.5. The van der Waals surface area contributed by atoms with E-state index in [1.807, 2.05) is 24.3 Å². The van der Waals surface area contributed by atoms with Crippen LogP contribution in [-0.4, -0.2) is 51.7 Å². The van der Waals surface area contributed by atoms with E-state index in [-0.39, 0.29) is 12.3 Å². The van der Waals surface area contributed by atoms with Crippen LogP contribution < -0.4 is 5.32 Å². The maximum Gasteiger partial charge on any atom is 0.324 e. The molecule has 0 spiro atoms. The van der Waals surface area contributed by atoms with Gasteiger partial charge < -0.3 is 15.1 Å². The van der Waals surface area contributed by atoms with Crippen LogP contribution in [0.1, 0.15) is 56.6 Å². The molecule has 0 aromatic heterocycles. The van der Waals surface area contributed by atoms with E-state index in [1.165, 1.54) is 4.90 Å². The number of aryl methyl sites for hydroxylation is 1. The number of nitrogens with zero attached hydrogens (tertiary/aromatic N) is 1. The Hall–Kier alpha value is -2.41. The Morgan fingerprint density at radius 1 is 1.21 bits per heavy atom. The fourth-order valence-electron chi connectivity index (χ4n) is 3.45. The molecule has 1 fully saturated rings. The number of imide groups is 1. The molecule has 2 atom stereocenters. The van der Waals surface area contributed by atoms with Gasteiger partial charge in [-0.3, -0.25) is 14.9 Å². The molecule has 3 N–H and O–H groups in total. The smallest absolute Gasteiger partial charge is 0.324 e. The molecule has 1 aliphatic heterocycles. The SMILES string of the molecule is CCCCCC(O)CCN1C(=O)NC(=O)C1Cc1cccc(CCC(=O)O)c1. The third kappa shape index (κ3) is 6.64. The fraction of sp³-hybridized carbons (Fsp3) is 0.571. The number of hydrogen-bond acceptors (Lipinski definition) is 4. The molecule has 2 unspecified atom stereocenters. The third-order valence-electron chi connectivity index (χ3n) is 5.06. The lowest BCUT2D eigenvalue weighted by atomic mass is 10.0. The van der Waals surface area contributed by atoms with Crippen LogP contribution in [0.4, 0.5) is 4.79 Å². The third-order valence-corrected chi connectivity index (χ3v) is 5.06. The van der Waals surface area contributed by atoms with Gasteiger partial charge in [0.05, 0.1) is 6.10 Å². The van der Waals surface area contributed by atoms with E-state index in [0.29, 0.717) is 32.2 Å². The van der Waals surface area contributed by atoms with E-state index in [4.69, 9.17) is 5.11 Å². The van der Waals surface area contributed by atoms with Crippen molar-refractivity contribution in [3.8, 4) is 0 Å². The van der Waals surface area contributed by atoms with E-state index >= 15 is 0 Å². The van der Waals surface area contributed by atoms with E-state index < -0.39 is 24.1 Å². The zero-order valence-electron chi connectivity index (χ0n) is 16.4. The van der Waals surface area contributed by atoms with Gasteiger partial charge in [0.25, 0.3) is 5.91 Å². The van der Waals surface area contributed by atoms with Crippen LogP contribution in [0.5, 0.6) is 0 Å². The molecule has 1 aliphatic rings. The van der Waals surface area contributed by atoms with Crippen LogP contribution in [0.3, 0.4) is 0 Å². The van der Waals surface area contributed by atoms with Gasteiger partial charge in [0, 0.05) is 19.4 Å². The summed E-state index contributed by atoms with van der Waals surface area (Å²) in [5.41, 5.74) is 1.77. The molecule has 154 valence electrons. The molecule has 28 heavy (non-hydrogen) atoms. The predicted octanol–water partition coefficient (Wildman–Crippen LogP) is 2.50. The summed E-state index contributed by atoms with van der Waals surface area (Å²) in [6, 6.07) is 6.43. The summed E-state index contributed by atoms with van der Waals surface area (Å²) in [6.45, 7) is 2.43. The van der Waals surface area contributed by atoms with Gasteiger partial charge in [-0.1, -0.05) is 50.5 Å². The summed E-state index contributed by atoms with van der Waals surface area (Å²) in [5.74, 6) is -1.18. The number of carbonyl (C=O) groups excluding carboxylic acids is 2. The molecule has 0 bridgehead atoms. The number of amides is 3. The minimum Gasteiger partial charge on any atom is -0.481 e. The largest absolute Gasteiger partial charge is 0.481 e. The van der Waals surface area contributed by atoms with Crippen molar-refractivity contribution < 1.29 is 24.6 Å². The monoisotopic (exact) mass is 390 g/mol. The fourth-order valence-corrected chi connectivity index (χ4v) is 3.45. The van der Waals surface area contributed by atoms with Gasteiger partial charge in [-0.15, -0.1) is 0 Å². The molecule has 0 radical (unpaired) electrons. The Balaban J connectivity index is 1.96. The average molecular weight is 390 g/mol. The molecule has 1 aromatic rings. The second-order valence-electron chi connectivity index (χ2n) is 7.36. The first-order valence-corrected chi connectivity index (χ1v) is 9.99. The summed E-state index contributed by atoms with van der Waals surface area (Å²) < 4.78 is 0. The van der Waals surface area contributed by atoms with Crippen LogP contribution in [0.25, 0.3) is 0 Å². The van der Waals surface area contributed by atoms with Crippen molar-refractivity contribution in [2.24, 2.45) is 0 Å². The molecular formula is C21H30N2O5. The van der Waals surface area contributed by atoms with E-state index in [2.05, 4.69) is 12.2 Å². The summed E-state index contributed by atoms with van der Waals surface area (Å²) >= 11 is 0. The number of carboxylic acid groups (broad SMARTS) is 1. The summed E-state index contributed by atoms with van der Waals surface area (Å²) in [5, 5.41) is 21.3. The number of urea groups is 1. The number of benzene rings is 1. The summed E-state index contributed by atoms with van der Waals surface area (Å²) in [4.78, 5) is 36.6. The molecule has 1 aromatic carbocycles. The highest BCUT2D eigenvalue weighted by atomic mass is 16.4. The van der Waals surface area contributed by atoms with Crippen molar-refractivity contribution in [1.82, 2.24) is 10.2 Å². The van der Waals surface area contributed by atoms with Gasteiger partial charge in [-0.25, -0.2) is 4.79 Å². The first-order valence-electron chi connectivity index (χ1n) is 9.99. The number of unbranched alkanes of at least 4 members (excludes halogenated alkanes) is 2. The molecule has 0 aliphatic carbocycles. The molecule has 1 heterocycles. The lowest BCUT2D eigenvalue weighted by Crippen LogP contribution is -2.38. The maximum absolute atomic E-state index is 12.2. The van der Waals surface area contributed by atoms with Crippen LogP contribution in [0, 0.1) is 0 Å². The lowest BCUT2D eigenvalue weighted by Gasteiger charge is -2.23. The average Bonchev–Trinajstić information content (AvgIpc) is 2.91. The number of hydrogen-bond donors (Lipinski definition) is 3. The number of carboxylic acids is 1. The minimum absolute atomic E-state index is 0.0495. The Kier molecular flexibility index (Phi) is 8.44. The Bertz CT molecular complexity index is 691. The van der Waals surface area contributed by atoms with E-state index in [0.717, 1.165) is 30.4 Å². The van der Waals surface area contributed by atoms with Crippen molar-refractivity contribution in [2.45, 2.75) is 70.4 Å². The van der Waals surface area contributed by atoms with E-state index in [9.17, 15) is 19.5 Å². The van der Waals surface area contributed by atoms with Gasteiger partial charge in [0.2, 0.25) is 0 Å². The lowest BCUT2D eigenvalue weighted by molar-refractivity contribution is -0.137. The van der Waals surface area contributed by atoms with Crippen molar-refractivity contribution in [3.05, 3.63) is 35.4 Å². The summed E-state index contributed by atoms with van der Waals surface area (Å²) in [6.07, 6.45) is 4.62. The van der Waals surface area contributed by atoms with Gasteiger partial charge in [-0.05, 0) is 30.4 Å². The van der Waals surface area contributed by atoms with Gasteiger partial charge in [-0.2, -0.15) is 0 Å². The quantitative estimate of drug-likeness (QED) is 0.375. The number of aliphatic hydroxyl groups excluding tert-OH is 1. The minimum atomic E-state index is -0.852. The van der Waals surface area contributed by atoms with Crippen molar-refractivity contribution in [1.29, 1.82) is 0 Å². The molecule has 3 amide bonds. The Morgan fingerprint density at radius 2 is 1.96 bits per heavy atom. The van der Waals surface area contributed by atoms with Crippen LogP contribution in [-0.2, 0) is 22.4 Å². The molecular weight excluding hydrogens is 360 g/mol. The Morgan fingerprint density at radius 3 is 2.68 bits per heavy atom. The topological polar surface area (TPSA) is 107 Å². The molecule has 7 heteroatoms. The van der Waals surface area contributed by atoms with E-state index in [1.54, 1.807) is 0 Å². The maximum atomic E-state index is 12.2. The van der Waals surface area contributed by atoms with Gasteiger partial charge in [0.1, 0.15) is 6.04 Å². The molecule has 7 nitrogen and oxygen atoms in total. The Labute approximate surface area is 165 Å². The number of rotatable bonds is 12. The second kappa shape index (κ2) is 10.8. The van der Waals surface area contributed by atoms with Crippen molar-refractivity contribution in [2.75, 3.05) is 6.54 Å². The first-order chi connectivity index (χ1) is 13.4.